The third-order valence-corrected chi connectivity index (χ3v) is 4.95. The Hall–Kier alpha value is -0.950. The van der Waals surface area contributed by atoms with E-state index in [2.05, 4.69) is 10.0 Å². The summed E-state index contributed by atoms with van der Waals surface area (Å²) in [4.78, 5) is 0.324. The molecular formula is C15H24N2O3S. The monoisotopic (exact) mass is 312 g/mol. The fourth-order valence-electron chi connectivity index (χ4n) is 2.00. The highest BCUT2D eigenvalue weighted by Gasteiger charge is 2.20. The van der Waals surface area contributed by atoms with Crippen LogP contribution in [0.15, 0.2) is 29.2 Å². The molecule has 5 nitrogen and oxygen atoms in total. The lowest BCUT2D eigenvalue weighted by atomic mass is 10.2. The Balaban J connectivity index is 1.80. The lowest BCUT2D eigenvalue weighted by Crippen LogP contribution is -2.25. The van der Waals surface area contributed by atoms with Crippen molar-refractivity contribution in [3.05, 3.63) is 29.8 Å². The highest BCUT2D eigenvalue weighted by atomic mass is 32.2. The minimum absolute atomic E-state index is 0.324. The molecule has 0 atom stereocenters. The molecule has 2 rings (SSSR count). The van der Waals surface area contributed by atoms with Crippen LogP contribution in [0, 0.1) is 0 Å². The molecule has 0 aliphatic heterocycles. The van der Waals surface area contributed by atoms with Crippen LogP contribution in [0.5, 0.6) is 0 Å². The van der Waals surface area contributed by atoms with Gasteiger partial charge in [0.05, 0.1) is 4.90 Å². The van der Waals surface area contributed by atoms with E-state index in [4.69, 9.17) is 4.74 Å². The van der Waals surface area contributed by atoms with Crippen LogP contribution in [0.2, 0.25) is 0 Å². The van der Waals surface area contributed by atoms with Crippen LogP contribution in [0.1, 0.15) is 31.2 Å². The molecule has 0 bridgehead atoms. The second-order valence-electron chi connectivity index (χ2n) is 5.40. The summed E-state index contributed by atoms with van der Waals surface area (Å²) in [6.45, 7) is 1.90. The zero-order valence-electron chi connectivity index (χ0n) is 12.5. The number of sulfonamides is 1. The van der Waals surface area contributed by atoms with Crippen LogP contribution >= 0.6 is 0 Å². The predicted octanol–water partition coefficient (Wildman–Crippen LogP) is 1.64. The van der Waals surface area contributed by atoms with E-state index in [-0.39, 0.29) is 0 Å². The molecule has 0 spiro atoms. The predicted molar refractivity (Wildman–Crippen MR) is 82.6 cm³/mol. The van der Waals surface area contributed by atoms with Gasteiger partial charge in [-0.25, -0.2) is 13.1 Å². The molecule has 0 unspecified atom stereocenters. The normalized spacial score (nSPS) is 15.3. The number of nitrogens with one attached hydrogen (secondary N) is 2. The molecule has 0 radical (unpaired) electrons. The SMILES string of the molecule is COCCCCNS(=O)(=O)c1ccc(CNC2CC2)cc1. The van der Waals surface area contributed by atoms with Gasteiger partial charge in [-0.15, -0.1) is 0 Å². The fraction of sp³-hybridized carbons (Fsp3) is 0.600. The summed E-state index contributed by atoms with van der Waals surface area (Å²) in [5.74, 6) is 0. The molecule has 1 fully saturated rings. The molecular weight excluding hydrogens is 288 g/mol. The van der Waals surface area contributed by atoms with Crippen LogP contribution in [0.3, 0.4) is 0 Å². The van der Waals surface area contributed by atoms with E-state index in [1.165, 1.54) is 12.8 Å². The Bertz CT molecular complexity index is 524. The van der Waals surface area contributed by atoms with Gasteiger partial charge in [0, 0.05) is 32.8 Å². The summed E-state index contributed by atoms with van der Waals surface area (Å²) >= 11 is 0. The van der Waals surface area contributed by atoms with Crippen LogP contribution in [0.4, 0.5) is 0 Å². The molecule has 118 valence electrons. The maximum atomic E-state index is 12.1. The lowest BCUT2D eigenvalue weighted by molar-refractivity contribution is 0.193. The van der Waals surface area contributed by atoms with E-state index in [0.717, 1.165) is 24.9 Å². The Labute approximate surface area is 127 Å². The number of methoxy groups -OCH3 is 1. The molecule has 0 heterocycles. The molecule has 0 aromatic heterocycles. The van der Waals surface area contributed by atoms with Gasteiger partial charge in [-0.2, -0.15) is 0 Å². The van der Waals surface area contributed by atoms with E-state index in [0.29, 0.717) is 24.1 Å². The fourth-order valence-corrected chi connectivity index (χ4v) is 3.07. The standard InChI is InChI=1S/C15H24N2O3S/c1-20-11-3-2-10-17-21(18,19)15-8-4-13(5-9-15)12-16-14-6-7-14/h4-5,8-9,14,16-17H,2-3,6-7,10-12H2,1H3. The molecule has 1 aliphatic rings. The van der Waals surface area contributed by atoms with E-state index < -0.39 is 10.0 Å². The number of ether oxygens (including phenoxy) is 1. The Kier molecular flexibility index (Phi) is 6.17. The average Bonchev–Trinajstić information content (AvgIpc) is 3.29. The number of benzene rings is 1. The summed E-state index contributed by atoms with van der Waals surface area (Å²) in [5, 5.41) is 3.41. The Morgan fingerprint density at radius 3 is 2.52 bits per heavy atom. The van der Waals surface area contributed by atoms with E-state index in [1.54, 1.807) is 19.2 Å². The smallest absolute Gasteiger partial charge is 0.240 e. The summed E-state index contributed by atoms with van der Waals surface area (Å²) in [6.07, 6.45) is 4.13. The molecule has 1 aromatic carbocycles. The van der Waals surface area contributed by atoms with Crippen LogP contribution in [-0.4, -0.2) is 34.7 Å². The maximum absolute atomic E-state index is 12.1. The van der Waals surface area contributed by atoms with Crippen molar-refractivity contribution >= 4 is 10.0 Å². The summed E-state index contributed by atoms with van der Waals surface area (Å²) in [6, 6.07) is 7.73. The molecule has 6 heteroatoms. The van der Waals surface area contributed by atoms with Crippen LogP contribution in [0.25, 0.3) is 0 Å². The topological polar surface area (TPSA) is 67.4 Å². The lowest BCUT2D eigenvalue weighted by Gasteiger charge is -2.08. The molecule has 1 aromatic rings. The van der Waals surface area contributed by atoms with Gasteiger partial charge in [0.15, 0.2) is 0 Å². The van der Waals surface area contributed by atoms with E-state index >= 15 is 0 Å². The van der Waals surface area contributed by atoms with Crippen molar-refractivity contribution < 1.29 is 13.2 Å². The summed E-state index contributed by atoms with van der Waals surface area (Å²) < 4.78 is 31.7. The second-order valence-corrected chi connectivity index (χ2v) is 7.16. The minimum Gasteiger partial charge on any atom is -0.385 e. The number of hydrogen-bond donors (Lipinski definition) is 2. The first-order chi connectivity index (χ1) is 10.1. The zero-order valence-corrected chi connectivity index (χ0v) is 13.3. The average molecular weight is 312 g/mol. The second kappa shape index (κ2) is 7.89. The van der Waals surface area contributed by atoms with Gasteiger partial charge in [-0.1, -0.05) is 12.1 Å². The Morgan fingerprint density at radius 1 is 1.19 bits per heavy atom. The quantitative estimate of drug-likeness (QED) is 0.645. The first kappa shape index (κ1) is 16.4. The molecule has 0 amide bonds. The summed E-state index contributed by atoms with van der Waals surface area (Å²) in [7, 11) is -1.75. The zero-order chi connectivity index (χ0) is 15.1. The van der Waals surface area contributed by atoms with E-state index in [9.17, 15) is 8.42 Å². The third-order valence-electron chi connectivity index (χ3n) is 3.47. The van der Waals surface area contributed by atoms with E-state index in [1.807, 2.05) is 12.1 Å². The Morgan fingerprint density at radius 2 is 1.90 bits per heavy atom. The van der Waals surface area contributed by atoms with Crippen molar-refractivity contribution in [1.29, 1.82) is 0 Å². The van der Waals surface area contributed by atoms with Gasteiger partial charge in [-0.3, -0.25) is 0 Å². The molecule has 21 heavy (non-hydrogen) atoms. The first-order valence-corrected chi connectivity index (χ1v) is 8.91. The highest BCUT2D eigenvalue weighted by molar-refractivity contribution is 7.89. The molecule has 2 N–H and O–H groups in total. The molecule has 0 saturated heterocycles. The minimum atomic E-state index is -3.39. The van der Waals surface area contributed by atoms with Crippen molar-refractivity contribution in [1.82, 2.24) is 10.0 Å². The van der Waals surface area contributed by atoms with Gasteiger partial charge >= 0.3 is 0 Å². The van der Waals surface area contributed by atoms with Crippen LogP contribution in [-0.2, 0) is 21.3 Å². The van der Waals surface area contributed by atoms with Crippen molar-refractivity contribution in [3.63, 3.8) is 0 Å². The molecule has 1 saturated carbocycles. The maximum Gasteiger partial charge on any atom is 0.240 e. The van der Waals surface area contributed by atoms with Gasteiger partial charge < -0.3 is 10.1 Å². The number of unbranched alkanes of at least 4 members (excludes halogenated alkanes) is 1. The van der Waals surface area contributed by atoms with Gasteiger partial charge in [0.1, 0.15) is 0 Å². The van der Waals surface area contributed by atoms with Gasteiger partial charge in [-0.05, 0) is 43.4 Å². The van der Waals surface area contributed by atoms with Gasteiger partial charge in [0.25, 0.3) is 0 Å². The highest BCUT2D eigenvalue weighted by Crippen LogP contribution is 2.19. The van der Waals surface area contributed by atoms with Crippen LogP contribution < -0.4 is 10.0 Å². The first-order valence-electron chi connectivity index (χ1n) is 7.43. The van der Waals surface area contributed by atoms with Crippen molar-refractivity contribution in [2.75, 3.05) is 20.3 Å². The van der Waals surface area contributed by atoms with Gasteiger partial charge in [0.2, 0.25) is 10.0 Å². The number of hydrogen-bond acceptors (Lipinski definition) is 4. The van der Waals surface area contributed by atoms with Crippen molar-refractivity contribution in [2.45, 2.75) is 43.2 Å². The summed E-state index contributed by atoms with van der Waals surface area (Å²) in [5.41, 5.74) is 1.11. The van der Waals surface area contributed by atoms with Crippen molar-refractivity contribution in [2.24, 2.45) is 0 Å². The van der Waals surface area contributed by atoms with Crippen molar-refractivity contribution in [3.8, 4) is 0 Å². The number of rotatable bonds is 10. The molecule has 1 aliphatic carbocycles. The third kappa shape index (κ3) is 5.74. The largest absolute Gasteiger partial charge is 0.385 e.